The summed E-state index contributed by atoms with van der Waals surface area (Å²) in [6.07, 6.45) is 1.74. The van der Waals surface area contributed by atoms with Crippen molar-refractivity contribution in [1.29, 1.82) is 0 Å². The molecule has 1 aromatic rings. The van der Waals surface area contributed by atoms with Crippen LogP contribution in [0.15, 0.2) is 34.5 Å². The lowest BCUT2D eigenvalue weighted by Gasteiger charge is -2.06. The van der Waals surface area contributed by atoms with Gasteiger partial charge in [-0.25, -0.2) is 15.2 Å². The van der Waals surface area contributed by atoms with Crippen LogP contribution >= 0.6 is 0 Å². The molecular weight excluding hydrogens is 275 g/mol. The van der Waals surface area contributed by atoms with E-state index in [0.717, 1.165) is 0 Å². The van der Waals surface area contributed by atoms with Crippen LogP contribution in [0, 0.1) is 11.7 Å². The molecule has 1 aromatic carbocycles. The number of carbonyl (C=O) groups is 2. The summed E-state index contributed by atoms with van der Waals surface area (Å²) in [4.78, 5) is 23.0. The third kappa shape index (κ3) is 3.95. The number of nitrogens with zero attached hydrogens (tertiary/aromatic N) is 2. The summed E-state index contributed by atoms with van der Waals surface area (Å²) in [5.74, 6) is -1.32. The van der Waals surface area contributed by atoms with E-state index in [0.29, 0.717) is 12.1 Å². The van der Waals surface area contributed by atoms with Crippen molar-refractivity contribution >= 4 is 23.7 Å². The Hall–Kier alpha value is -2.57. The van der Waals surface area contributed by atoms with Crippen molar-refractivity contribution < 1.29 is 14.0 Å². The zero-order chi connectivity index (χ0) is 15.2. The first-order chi connectivity index (χ1) is 10.1. The molecule has 2 amide bonds. The van der Waals surface area contributed by atoms with Crippen LogP contribution in [0.5, 0.6) is 0 Å². The second kappa shape index (κ2) is 6.74. The van der Waals surface area contributed by atoms with Crippen LogP contribution in [0.2, 0.25) is 0 Å². The SMILES string of the molecule is CC1=NNC(=O)C1CCC(=O)N/N=C\c1ccccc1F. The van der Waals surface area contributed by atoms with Gasteiger partial charge in [-0.2, -0.15) is 10.2 Å². The normalized spacial score (nSPS) is 17.7. The Balaban J connectivity index is 1.79. The number of hydrogen-bond acceptors (Lipinski definition) is 4. The quantitative estimate of drug-likeness (QED) is 0.630. The van der Waals surface area contributed by atoms with Gasteiger partial charge in [0, 0.05) is 17.7 Å². The predicted molar refractivity (Wildman–Crippen MR) is 76.1 cm³/mol. The van der Waals surface area contributed by atoms with Gasteiger partial charge in [-0.3, -0.25) is 9.59 Å². The highest BCUT2D eigenvalue weighted by Crippen LogP contribution is 2.13. The largest absolute Gasteiger partial charge is 0.273 e. The van der Waals surface area contributed by atoms with Crippen LogP contribution in [-0.2, 0) is 9.59 Å². The maximum atomic E-state index is 13.3. The van der Waals surface area contributed by atoms with Gasteiger partial charge in [0.05, 0.1) is 12.1 Å². The smallest absolute Gasteiger partial charge is 0.248 e. The second-order valence-electron chi connectivity index (χ2n) is 4.64. The lowest BCUT2D eigenvalue weighted by Crippen LogP contribution is -2.25. The van der Waals surface area contributed by atoms with E-state index in [-0.39, 0.29) is 29.7 Å². The van der Waals surface area contributed by atoms with Gasteiger partial charge >= 0.3 is 0 Å². The van der Waals surface area contributed by atoms with Crippen LogP contribution in [0.4, 0.5) is 4.39 Å². The summed E-state index contributed by atoms with van der Waals surface area (Å²) in [6, 6.07) is 6.10. The van der Waals surface area contributed by atoms with Crippen LogP contribution in [-0.4, -0.2) is 23.7 Å². The maximum absolute atomic E-state index is 13.3. The van der Waals surface area contributed by atoms with Crippen LogP contribution in [0.3, 0.4) is 0 Å². The number of hydrazone groups is 2. The summed E-state index contributed by atoms with van der Waals surface area (Å²) in [6.45, 7) is 1.73. The molecule has 1 atom stereocenters. The van der Waals surface area contributed by atoms with E-state index in [1.165, 1.54) is 12.3 Å². The molecule has 7 heteroatoms. The summed E-state index contributed by atoms with van der Waals surface area (Å²) in [7, 11) is 0. The lowest BCUT2D eigenvalue weighted by molar-refractivity contribution is -0.123. The Kier molecular flexibility index (Phi) is 4.76. The van der Waals surface area contributed by atoms with Gasteiger partial charge < -0.3 is 0 Å². The first-order valence-corrected chi connectivity index (χ1v) is 6.48. The maximum Gasteiger partial charge on any atom is 0.248 e. The molecule has 0 saturated heterocycles. The van der Waals surface area contributed by atoms with Gasteiger partial charge in [0.2, 0.25) is 11.8 Å². The fraction of sp³-hybridized carbons (Fsp3) is 0.286. The molecule has 0 radical (unpaired) electrons. The van der Waals surface area contributed by atoms with Gasteiger partial charge in [0.15, 0.2) is 0 Å². The zero-order valence-electron chi connectivity index (χ0n) is 11.5. The van der Waals surface area contributed by atoms with E-state index in [4.69, 9.17) is 0 Å². The molecule has 0 spiro atoms. The Bertz CT molecular complexity index is 613. The first-order valence-electron chi connectivity index (χ1n) is 6.48. The van der Waals surface area contributed by atoms with Crippen molar-refractivity contribution in [2.24, 2.45) is 16.1 Å². The van der Waals surface area contributed by atoms with Crippen molar-refractivity contribution in [3.05, 3.63) is 35.6 Å². The molecule has 1 aliphatic heterocycles. The minimum absolute atomic E-state index is 0.138. The Morgan fingerprint density at radius 2 is 2.29 bits per heavy atom. The van der Waals surface area contributed by atoms with Crippen molar-refractivity contribution in [2.75, 3.05) is 0 Å². The van der Waals surface area contributed by atoms with Crippen LogP contribution in [0.25, 0.3) is 0 Å². The third-order valence-corrected chi connectivity index (χ3v) is 3.12. The number of amides is 2. The van der Waals surface area contributed by atoms with Gasteiger partial charge in [0.1, 0.15) is 5.82 Å². The molecule has 1 aliphatic rings. The fourth-order valence-electron chi connectivity index (χ4n) is 1.91. The van der Waals surface area contributed by atoms with Gasteiger partial charge in [-0.05, 0) is 19.4 Å². The number of rotatable bonds is 5. The first kappa shape index (κ1) is 14.8. The van der Waals surface area contributed by atoms with Crippen molar-refractivity contribution in [1.82, 2.24) is 10.9 Å². The van der Waals surface area contributed by atoms with Crippen molar-refractivity contribution in [3.63, 3.8) is 0 Å². The summed E-state index contributed by atoms with van der Waals surface area (Å²) >= 11 is 0. The number of nitrogens with one attached hydrogen (secondary N) is 2. The molecule has 0 saturated carbocycles. The molecule has 1 unspecified atom stereocenters. The van der Waals surface area contributed by atoms with Crippen LogP contribution in [0.1, 0.15) is 25.3 Å². The molecular formula is C14H15FN4O2. The Morgan fingerprint density at radius 1 is 1.52 bits per heavy atom. The third-order valence-electron chi connectivity index (χ3n) is 3.12. The van der Waals surface area contributed by atoms with Crippen molar-refractivity contribution in [3.8, 4) is 0 Å². The number of halogens is 1. The topological polar surface area (TPSA) is 82.9 Å². The molecule has 2 N–H and O–H groups in total. The highest BCUT2D eigenvalue weighted by atomic mass is 19.1. The predicted octanol–water partition coefficient (Wildman–Crippen LogP) is 1.18. The minimum Gasteiger partial charge on any atom is -0.273 e. The van der Waals surface area contributed by atoms with E-state index in [1.54, 1.807) is 25.1 Å². The minimum atomic E-state index is -0.412. The molecule has 0 aromatic heterocycles. The molecule has 110 valence electrons. The van der Waals surface area contributed by atoms with E-state index >= 15 is 0 Å². The summed E-state index contributed by atoms with van der Waals surface area (Å²) < 4.78 is 13.3. The van der Waals surface area contributed by atoms with E-state index < -0.39 is 5.82 Å². The fourth-order valence-corrected chi connectivity index (χ4v) is 1.91. The van der Waals surface area contributed by atoms with E-state index in [1.807, 2.05) is 0 Å². The molecule has 1 heterocycles. The average Bonchev–Trinajstić information content (AvgIpc) is 2.78. The molecule has 0 bridgehead atoms. The van der Waals surface area contributed by atoms with Crippen molar-refractivity contribution in [2.45, 2.75) is 19.8 Å². The Morgan fingerprint density at radius 3 is 2.95 bits per heavy atom. The summed E-state index contributed by atoms with van der Waals surface area (Å²) in [5.41, 5.74) is 5.62. The van der Waals surface area contributed by atoms with Gasteiger partial charge in [-0.1, -0.05) is 18.2 Å². The lowest BCUT2D eigenvalue weighted by atomic mass is 9.99. The van der Waals surface area contributed by atoms with Gasteiger partial charge in [0.25, 0.3) is 0 Å². The number of benzene rings is 1. The highest BCUT2D eigenvalue weighted by Gasteiger charge is 2.26. The molecule has 21 heavy (non-hydrogen) atoms. The average molecular weight is 290 g/mol. The zero-order valence-corrected chi connectivity index (χ0v) is 11.5. The molecule has 6 nitrogen and oxygen atoms in total. The Labute approximate surface area is 121 Å². The van der Waals surface area contributed by atoms with Crippen LogP contribution < -0.4 is 10.9 Å². The molecule has 0 fully saturated rings. The van der Waals surface area contributed by atoms with Gasteiger partial charge in [-0.15, -0.1) is 0 Å². The van der Waals surface area contributed by atoms with E-state index in [9.17, 15) is 14.0 Å². The molecule has 2 rings (SSSR count). The number of hydrogen-bond donors (Lipinski definition) is 2. The highest BCUT2D eigenvalue weighted by molar-refractivity contribution is 6.07. The monoisotopic (exact) mass is 290 g/mol. The molecule has 0 aliphatic carbocycles. The summed E-state index contributed by atoms with van der Waals surface area (Å²) in [5, 5.41) is 7.49. The number of carbonyl (C=O) groups excluding carboxylic acids is 2. The van der Waals surface area contributed by atoms with E-state index in [2.05, 4.69) is 21.1 Å². The standard InChI is InChI=1S/C14H15FN4O2/c1-9-11(14(21)19-17-9)6-7-13(20)18-16-8-10-4-2-3-5-12(10)15/h2-5,8,11H,6-7H2,1H3,(H,18,20)(H,19,21)/b16-8-. The second-order valence-corrected chi connectivity index (χ2v) is 4.64.